The topological polar surface area (TPSA) is 47.1 Å². The van der Waals surface area contributed by atoms with Gasteiger partial charge in [0.25, 0.3) is 0 Å². The van der Waals surface area contributed by atoms with Gasteiger partial charge in [0.2, 0.25) is 5.89 Å². The van der Waals surface area contributed by atoms with Gasteiger partial charge >= 0.3 is 0 Å². The van der Waals surface area contributed by atoms with Crippen molar-refractivity contribution in [3.63, 3.8) is 0 Å². The van der Waals surface area contributed by atoms with Crippen molar-refractivity contribution in [3.8, 4) is 11.5 Å². The molecule has 24 heavy (non-hydrogen) atoms. The minimum atomic E-state index is 0.702. The summed E-state index contributed by atoms with van der Waals surface area (Å²) >= 11 is 0. The molecule has 0 amide bonds. The van der Waals surface area contributed by atoms with Crippen molar-refractivity contribution in [2.45, 2.75) is 40.4 Å². The fraction of sp³-hybridized carbons (Fsp3) is 0.368. The van der Waals surface area contributed by atoms with E-state index in [2.05, 4.69) is 43.2 Å². The molecular weight excluding hydrogens is 300 g/mol. The van der Waals surface area contributed by atoms with Crippen LogP contribution in [-0.2, 0) is 19.6 Å². The van der Waals surface area contributed by atoms with Gasteiger partial charge in [-0.1, -0.05) is 18.2 Å². The molecule has 0 aliphatic carbocycles. The third kappa shape index (κ3) is 3.57. The predicted octanol–water partition coefficient (Wildman–Crippen LogP) is 3.81. The second-order valence-corrected chi connectivity index (χ2v) is 6.21. The SMILES string of the molecule is CCn1cc(CN(C)Cc2nc(-c3ccccc3C)oc2C)cn1. The highest BCUT2D eigenvalue weighted by molar-refractivity contribution is 5.58. The lowest BCUT2D eigenvalue weighted by atomic mass is 10.1. The van der Waals surface area contributed by atoms with E-state index in [1.54, 1.807) is 0 Å². The van der Waals surface area contributed by atoms with E-state index in [-0.39, 0.29) is 0 Å². The Labute approximate surface area is 142 Å². The first-order chi connectivity index (χ1) is 11.6. The van der Waals surface area contributed by atoms with Crippen LogP contribution < -0.4 is 0 Å². The summed E-state index contributed by atoms with van der Waals surface area (Å²) < 4.78 is 7.85. The van der Waals surface area contributed by atoms with Gasteiger partial charge in [0.15, 0.2) is 0 Å². The molecule has 0 aliphatic rings. The van der Waals surface area contributed by atoms with Gasteiger partial charge in [-0.25, -0.2) is 4.98 Å². The summed E-state index contributed by atoms with van der Waals surface area (Å²) in [4.78, 5) is 6.94. The Hall–Kier alpha value is -2.40. The third-order valence-electron chi connectivity index (χ3n) is 4.15. The minimum Gasteiger partial charge on any atom is -0.441 e. The van der Waals surface area contributed by atoms with Crippen molar-refractivity contribution in [2.24, 2.45) is 0 Å². The molecule has 0 atom stereocenters. The molecule has 0 saturated heterocycles. The number of rotatable bonds is 6. The van der Waals surface area contributed by atoms with Gasteiger partial charge in [-0.2, -0.15) is 5.10 Å². The van der Waals surface area contributed by atoms with Crippen LogP contribution in [0.2, 0.25) is 0 Å². The Balaban J connectivity index is 1.72. The number of benzene rings is 1. The summed E-state index contributed by atoms with van der Waals surface area (Å²) in [6, 6.07) is 8.16. The Morgan fingerprint density at radius 2 is 1.96 bits per heavy atom. The Bertz CT molecular complexity index is 818. The van der Waals surface area contributed by atoms with E-state index in [0.29, 0.717) is 5.89 Å². The Morgan fingerprint density at radius 1 is 1.17 bits per heavy atom. The third-order valence-corrected chi connectivity index (χ3v) is 4.15. The zero-order chi connectivity index (χ0) is 17.1. The van der Waals surface area contributed by atoms with Gasteiger partial charge in [-0.15, -0.1) is 0 Å². The number of aromatic nitrogens is 3. The molecule has 0 saturated carbocycles. The molecule has 0 unspecified atom stereocenters. The maximum atomic E-state index is 5.90. The van der Waals surface area contributed by atoms with Crippen LogP contribution in [0.25, 0.3) is 11.5 Å². The average Bonchev–Trinajstić information content (AvgIpc) is 3.15. The Morgan fingerprint density at radius 3 is 2.67 bits per heavy atom. The van der Waals surface area contributed by atoms with Gasteiger partial charge < -0.3 is 4.42 Å². The van der Waals surface area contributed by atoms with Crippen LogP contribution in [0, 0.1) is 13.8 Å². The van der Waals surface area contributed by atoms with Crippen LogP contribution in [0.15, 0.2) is 41.1 Å². The molecule has 2 heterocycles. The van der Waals surface area contributed by atoms with Gasteiger partial charge in [0.1, 0.15) is 5.76 Å². The van der Waals surface area contributed by atoms with E-state index in [1.807, 2.05) is 36.0 Å². The first-order valence-corrected chi connectivity index (χ1v) is 8.29. The highest BCUT2D eigenvalue weighted by atomic mass is 16.4. The largest absolute Gasteiger partial charge is 0.441 e. The minimum absolute atomic E-state index is 0.702. The Kier molecular flexibility index (Phi) is 4.81. The molecule has 0 aliphatic heterocycles. The molecule has 126 valence electrons. The predicted molar refractivity (Wildman–Crippen MR) is 94.5 cm³/mol. The maximum Gasteiger partial charge on any atom is 0.226 e. The first kappa shape index (κ1) is 16.5. The van der Waals surface area contributed by atoms with Crippen LogP contribution >= 0.6 is 0 Å². The molecule has 5 heteroatoms. The van der Waals surface area contributed by atoms with Gasteiger partial charge in [0.05, 0.1) is 11.9 Å². The summed E-state index contributed by atoms with van der Waals surface area (Å²) in [5, 5.41) is 4.32. The zero-order valence-corrected chi connectivity index (χ0v) is 14.8. The van der Waals surface area contributed by atoms with E-state index in [9.17, 15) is 0 Å². The highest BCUT2D eigenvalue weighted by Gasteiger charge is 2.14. The average molecular weight is 324 g/mol. The zero-order valence-electron chi connectivity index (χ0n) is 14.8. The molecule has 0 fully saturated rings. The molecule has 3 rings (SSSR count). The normalized spacial score (nSPS) is 11.4. The fourth-order valence-electron chi connectivity index (χ4n) is 2.79. The van der Waals surface area contributed by atoms with Crippen molar-refractivity contribution in [1.82, 2.24) is 19.7 Å². The molecule has 0 radical (unpaired) electrons. The molecule has 3 aromatic rings. The number of nitrogens with zero attached hydrogens (tertiary/aromatic N) is 4. The van der Waals surface area contributed by atoms with E-state index in [1.165, 1.54) is 11.1 Å². The van der Waals surface area contributed by atoms with E-state index in [4.69, 9.17) is 9.40 Å². The maximum absolute atomic E-state index is 5.90. The van der Waals surface area contributed by atoms with Crippen molar-refractivity contribution < 1.29 is 4.42 Å². The summed E-state index contributed by atoms with van der Waals surface area (Å²) in [5.74, 6) is 1.58. The number of oxazole rings is 1. The molecule has 5 nitrogen and oxygen atoms in total. The summed E-state index contributed by atoms with van der Waals surface area (Å²) in [5.41, 5.74) is 4.42. The second-order valence-electron chi connectivity index (χ2n) is 6.21. The molecule has 2 aromatic heterocycles. The highest BCUT2D eigenvalue weighted by Crippen LogP contribution is 2.25. The summed E-state index contributed by atoms with van der Waals surface area (Å²) in [6.07, 6.45) is 4.01. The molecule has 1 aromatic carbocycles. The van der Waals surface area contributed by atoms with Crippen molar-refractivity contribution in [3.05, 3.63) is 59.2 Å². The lowest BCUT2D eigenvalue weighted by molar-refractivity contribution is 0.313. The summed E-state index contributed by atoms with van der Waals surface area (Å²) in [6.45, 7) is 8.63. The second kappa shape index (κ2) is 7.01. The van der Waals surface area contributed by atoms with E-state index in [0.717, 1.165) is 36.7 Å². The lowest BCUT2D eigenvalue weighted by Crippen LogP contribution is -2.17. The number of hydrogen-bond donors (Lipinski definition) is 0. The standard InChI is InChI=1S/C19H24N4O/c1-5-23-12-16(10-20-23)11-22(4)13-18-15(3)24-19(21-18)17-9-7-6-8-14(17)2/h6-10,12H,5,11,13H2,1-4H3. The first-order valence-electron chi connectivity index (χ1n) is 8.29. The summed E-state index contributed by atoms with van der Waals surface area (Å²) in [7, 11) is 2.09. The quantitative estimate of drug-likeness (QED) is 0.692. The van der Waals surface area contributed by atoms with Crippen LogP contribution in [-0.4, -0.2) is 26.7 Å². The van der Waals surface area contributed by atoms with Crippen molar-refractivity contribution in [2.75, 3.05) is 7.05 Å². The molecule has 0 spiro atoms. The number of aryl methyl sites for hydroxylation is 3. The van der Waals surface area contributed by atoms with Gasteiger partial charge in [-0.05, 0) is 39.4 Å². The smallest absolute Gasteiger partial charge is 0.226 e. The lowest BCUT2D eigenvalue weighted by Gasteiger charge is -2.13. The molecule has 0 bridgehead atoms. The van der Waals surface area contributed by atoms with Crippen LogP contribution in [0.4, 0.5) is 0 Å². The van der Waals surface area contributed by atoms with Crippen LogP contribution in [0.3, 0.4) is 0 Å². The van der Waals surface area contributed by atoms with Gasteiger partial charge in [0, 0.05) is 37.0 Å². The monoisotopic (exact) mass is 324 g/mol. The van der Waals surface area contributed by atoms with Crippen LogP contribution in [0.1, 0.15) is 29.5 Å². The van der Waals surface area contributed by atoms with E-state index >= 15 is 0 Å². The van der Waals surface area contributed by atoms with Crippen molar-refractivity contribution in [1.29, 1.82) is 0 Å². The van der Waals surface area contributed by atoms with Gasteiger partial charge in [-0.3, -0.25) is 9.58 Å². The number of hydrogen-bond acceptors (Lipinski definition) is 4. The fourth-order valence-corrected chi connectivity index (χ4v) is 2.79. The van der Waals surface area contributed by atoms with E-state index < -0.39 is 0 Å². The molecule has 0 N–H and O–H groups in total. The molecular formula is C19H24N4O. The van der Waals surface area contributed by atoms with Crippen LogP contribution in [0.5, 0.6) is 0 Å². The van der Waals surface area contributed by atoms with Crippen molar-refractivity contribution >= 4 is 0 Å².